The van der Waals surface area contributed by atoms with E-state index in [2.05, 4.69) is 4.98 Å². The molecule has 112 valence electrons. The van der Waals surface area contributed by atoms with Crippen molar-refractivity contribution < 1.29 is 19.4 Å². The van der Waals surface area contributed by atoms with Crippen LogP contribution in [-0.2, 0) is 6.61 Å². The lowest BCUT2D eigenvalue weighted by atomic mass is 10.3. The molecule has 0 saturated heterocycles. The normalized spacial score (nSPS) is 10.6. The van der Waals surface area contributed by atoms with Gasteiger partial charge in [-0.25, -0.2) is 9.78 Å². The largest absolute Gasteiger partial charge is 0.497 e. The highest BCUT2D eigenvalue weighted by molar-refractivity contribution is 5.88. The maximum atomic E-state index is 10.9. The van der Waals surface area contributed by atoms with E-state index in [-0.39, 0.29) is 5.56 Å². The molecule has 6 nitrogen and oxygen atoms in total. The van der Waals surface area contributed by atoms with Crippen LogP contribution >= 0.6 is 0 Å². The van der Waals surface area contributed by atoms with Crippen molar-refractivity contribution in [1.29, 1.82) is 0 Å². The van der Waals surface area contributed by atoms with Gasteiger partial charge in [-0.05, 0) is 36.4 Å². The molecule has 1 N–H and O–H groups in total. The number of methoxy groups -OCH3 is 1. The predicted molar refractivity (Wildman–Crippen MR) is 79.5 cm³/mol. The molecule has 0 bridgehead atoms. The third-order valence-corrected chi connectivity index (χ3v) is 3.28. The monoisotopic (exact) mass is 298 g/mol. The summed E-state index contributed by atoms with van der Waals surface area (Å²) in [5, 5.41) is 8.97. The fraction of sp³-hybridized carbons (Fsp3) is 0.125. The van der Waals surface area contributed by atoms with Crippen LogP contribution in [0, 0.1) is 0 Å². The summed E-state index contributed by atoms with van der Waals surface area (Å²) in [7, 11) is 1.61. The summed E-state index contributed by atoms with van der Waals surface area (Å²) in [6, 6.07) is 10.4. The summed E-state index contributed by atoms with van der Waals surface area (Å²) in [4.78, 5) is 15.1. The van der Waals surface area contributed by atoms with Gasteiger partial charge in [0.1, 0.15) is 23.8 Å². The zero-order valence-corrected chi connectivity index (χ0v) is 11.9. The van der Waals surface area contributed by atoms with Crippen LogP contribution in [0.5, 0.6) is 11.5 Å². The molecule has 6 heteroatoms. The van der Waals surface area contributed by atoms with Crippen molar-refractivity contribution in [1.82, 2.24) is 9.38 Å². The molecule has 22 heavy (non-hydrogen) atoms. The first-order chi connectivity index (χ1) is 10.7. The Hall–Kier alpha value is -3.02. The van der Waals surface area contributed by atoms with Gasteiger partial charge in [0.15, 0.2) is 0 Å². The highest BCUT2D eigenvalue weighted by Gasteiger charge is 2.08. The number of hydrogen-bond acceptors (Lipinski definition) is 4. The van der Waals surface area contributed by atoms with Crippen molar-refractivity contribution in [2.24, 2.45) is 0 Å². The lowest BCUT2D eigenvalue weighted by Gasteiger charge is -2.07. The molecule has 3 rings (SSSR count). The minimum absolute atomic E-state index is 0.209. The predicted octanol–water partition coefficient (Wildman–Crippen LogP) is 2.62. The van der Waals surface area contributed by atoms with Crippen molar-refractivity contribution in [2.75, 3.05) is 7.11 Å². The molecule has 3 aromatic rings. The molecule has 0 fully saturated rings. The van der Waals surface area contributed by atoms with Crippen LogP contribution in [0.4, 0.5) is 0 Å². The van der Waals surface area contributed by atoms with E-state index in [9.17, 15) is 4.79 Å². The number of nitrogens with zero attached hydrogens (tertiary/aromatic N) is 2. The van der Waals surface area contributed by atoms with Crippen LogP contribution in [0.25, 0.3) is 5.65 Å². The zero-order valence-electron chi connectivity index (χ0n) is 11.9. The Morgan fingerprint density at radius 2 is 1.95 bits per heavy atom. The van der Waals surface area contributed by atoms with Crippen molar-refractivity contribution in [3.63, 3.8) is 0 Å². The number of carbonyl (C=O) groups is 1. The van der Waals surface area contributed by atoms with Gasteiger partial charge in [-0.15, -0.1) is 0 Å². The van der Waals surface area contributed by atoms with Crippen LogP contribution in [0.15, 0.2) is 48.8 Å². The lowest BCUT2D eigenvalue weighted by molar-refractivity contribution is 0.0697. The highest BCUT2D eigenvalue weighted by atomic mass is 16.5. The van der Waals surface area contributed by atoms with Crippen molar-refractivity contribution in [2.45, 2.75) is 6.61 Å². The zero-order chi connectivity index (χ0) is 15.5. The van der Waals surface area contributed by atoms with E-state index in [0.29, 0.717) is 12.3 Å². The van der Waals surface area contributed by atoms with E-state index in [1.54, 1.807) is 23.9 Å². The van der Waals surface area contributed by atoms with Gasteiger partial charge in [0.25, 0.3) is 0 Å². The smallest absolute Gasteiger partial charge is 0.335 e. The molecule has 0 aliphatic carbocycles. The van der Waals surface area contributed by atoms with Gasteiger partial charge in [0.2, 0.25) is 0 Å². The van der Waals surface area contributed by atoms with Gasteiger partial charge in [0.05, 0.1) is 24.6 Å². The number of hydrogen-bond donors (Lipinski definition) is 1. The Morgan fingerprint density at radius 1 is 1.23 bits per heavy atom. The van der Waals surface area contributed by atoms with Crippen molar-refractivity contribution >= 4 is 11.6 Å². The number of imidazole rings is 1. The molecule has 0 atom stereocenters. The molecule has 0 aliphatic heterocycles. The first-order valence-corrected chi connectivity index (χ1v) is 6.63. The first kappa shape index (κ1) is 13.9. The molecule has 0 aliphatic rings. The van der Waals surface area contributed by atoms with Crippen LogP contribution in [-0.4, -0.2) is 27.6 Å². The standard InChI is InChI=1S/C16H14N2O4/c1-21-13-2-4-14(5-3-13)22-10-12-9-17-15-8-11(16(19)20)6-7-18(12)15/h2-9H,10H2,1H3,(H,19,20). The summed E-state index contributed by atoms with van der Waals surface area (Å²) >= 11 is 0. The average Bonchev–Trinajstić information content (AvgIpc) is 2.95. The van der Waals surface area contributed by atoms with E-state index in [0.717, 1.165) is 17.2 Å². The van der Waals surface area contributed by atoms with Gasteiger partial charge in [-0.3, -0.25) is 0 Å². The molecule has 2 heterocycles. The van der Waals surface area contributed by atoms with E-state index >= 15 is 0 Å². The van der Waals surface area contributed by atoms with Crippen LogP contribution in [0.2, 0.25) is 0 Å². The van der Waals surface area contributed by atoms with E-state index in [1.165, 1.54) is 12.1 Å². The molecule has 0 spiro atoms. The van der Waals surface area contributed by atoms with Crippen molar-refractivity contribution in [3.05, 3.63) is 60.0 Å². The second kappa shape index (κ2) is 5.77. The van der Waals surface area contributed by atoms with Crippen LogP contribution in [0.3, 0.4) is 0 Å². The summed E-state index contributed by atoms with van der Waals surface area (Å²) in [5.74, 6) is 0.516. The average molecular weight is 298 g/mol. The fourth-order valence-electron chi connectivity index (χ4n) is 2.10. The maximum Gasteiger partial charge on any atom is 0.335 e. The number of aromatic nitrogens is 2. The molecule has 0 saturated carbocycles. The third kappa shape index (κ3) is 2.71. The Labute approximate surface area is 126 Å². The van der Waals surface area contributed by atoms with E-state index < -0.39 is 5.97 Å². The minimum Gasteiger partial charge on any atom is -0.497 e. The highest BCUT2D eigenvalue weighted by Crippen LogP contribution is 2.18. The number of pyridine rings is 1. The number of ether oxygens (including phenoxy) is 2. The SMILES string of the molecule is COc1ccc(OCc2cnc3cc(C(=O)O)ccn23)cc1. The molecule has 0 amide bonds. The first-order valence-electron chi connectivity index (χ1n) is 6.63. The maximum absolute atomic E-state index is 10.9. The van der Waals surface area contributed by atoms with Gasteiger partial charge >= 0.3 is 5.97 Å². The quantitative estimate of drug-likeness (QED) is 0.784. The Morgan fingerprint density at radius 3 is 2.64 bits per heavy atom. The van der Waals surface area contributed by atoms with Crippen LogP contribution < -0.4 is 9.47 Å². The number of benzene rings is 1. The minimum atomic E-state index is -0.971. The van der Waals surface area contributed by atoms with Crippen molar-refractivity contribution in [3.8, 4) is 11.5 Å². The molecule has 2 aromatic heterocycles. The number of rotatable bonds is 5. The topological polar surface area (TPSA) is 73.1 Å². The summed E-state index contributed by atoms with van der Waals surface area (Å²) in [5.41, 5.74) is 1.62. The molecule has 0 radical (unpaired) electrons. The second-order valence-corrected chi connectivity index (χ2v) is 4.66. The lowest BCUT2D eigenvalue weighted by Crippen LogP contribution is -2.01. The van der Waals surface area contributed by atoms with Gasteiger partial charge in [-0.2, -0.15) is 0 Å². The van der Waals surface area contributed by atoms with E-state index in [4.69, 9.17) is 14.6 Å². The molecular formula is C16H14N2O4. The van der Waals surface area contributed by atoms with Gasteiger partial charge in [-0.1, -0.05) is 0 Å². The van der Waals surface area contributed by atoms with Gasteiger partial charge in [0, 0.05) is 6.20 Å². The Bertz CT molecular complexity index is 809. The number of aromatic carboxylic acids is 1. The third-order valence-electron chi connectivity index (χ3n) is 3.28. The second-order valence-electron chi connectivity index (χ2n) is 4.66. The summed E-state index contributed by atoms with van der Waals surface area (Å²) < 4.78 is 12.6. The van der Waals surface area contributed by atoms with Crippen LogP contribution in [0.1, 0.15) is 16.1 Å². The molecular weight excluding hydrogens is 284 g/mol. The van der Waals surface area contributed by atoms with Gasteiger partial charge < -0.3 is 19.0 Å². The number of carboxylic acids is 1. The number of carboxylic acid groups (broad SMARTS) is 1. The molecule has 1 aromatic carbocycles. The summed E-state index contributed by atoms with van der Waals surface area (Å²) in [6.07, 6.45) is 3.35. The molecule has 0 unspecified atom stereocenters. The Balaban J connectivity index is 1.77. The Kier molecular flexibility index (Phi) is 3.65. The fourth-order valence-corrected chi connectivity index (χ4v) is 2.10. The van der Waals surface area contributed by atoms with E-state index in [1.807, 2.05) is 24.3 Å². The number of fused-ring (bicyclic) bond motifs is 1. The summed E-state index contributed by atoms with van der Waals surface area (Å²) in [6.45, 7) is 0.333.